The molecular formula is C22H16N2O3S. The lowest BCUT2D eigenvalue weighted by Crippen LogP contribution is -2.28. The lowest BCUT2D eigenvalue weighted by Gasteiger charge is -2.15. The molecule has 28 heavy (non-hydrogen) atoms. The van der Waals surface area contributed by atoms with Crippen LogP contribution in [0, 0.1) is 0 Å². The van der Waals surface area contributed by atoms with Gasteiger partial charge in [0.2, 0.25) is 0 Å². The van der Waals surface area contributed by atoms with Crippen LogP contribution in [0.15, 0.2) is 88.8 Å². The molecule has 0 aliphatic carbocycles. The Bertz CT molecular complexity index is 1060. The predicted octanol–water partition coefficient (Wildman–Crippen LogP) is 4.91. The summed E-state index contributed by atoms with van der Waals surface area (Å²) in [4.78, 5) is 19.8. The van der Waals surface area contributed by atoms with Crippen LogP contribution in [0.25, 0.3) is 6.08 Å². The van der Waals surface area contributed by atoms with Crippen LogP contribution in [0.5, 0.6) is 11.5 Å². The molecule has 5 nitrogen and oxygen atoms in total. The first-order valence-corrected chi connectivity index (χ1v) is 9.37. The number of carbonyl (C=O) groups is 1. The molecule has 138 valence electrons. The van der Waals surface area contributed by atoms with Gasteiger partial charge in [0.25, 0.3) is 5.91 Å². The smallest absolute Gasteiger partial charge is 0.271 e. The molecule has 3 aromatic rings. The maximum absolute atomic E-state index is 13.1. The summed E-state index contributed by atoms with van der Waals surface area (Å²) in [5, 5.41) is 19.5. The third-order valence-electron chi connectivity index (χ3n) is 4.09. The maximum atomic E-state index is 13.1. The molecule has 0 bridgehead atoms. The lowest BCUT2D eigenvalue weighted by molar-refractivity contribution is -0.113. The molecule has 6 heteroatoms. The topological polar surface area (TPSA) is 73.1 Å². The minimum absolute atomic E-state index is 0.125. The van der Waals surface area contributed by atoms with Crippen LogP contribution < -0.4 is 4.90 Å². The van der Waals surface area contributed by atoms with Crippen LogP contribution in [-0.2, 0) is 4.79 Å². The number of carbonyl (C=O) groups excluding carboxylic acids is 1. The summed E-state index contributed by atoms with van der Waals surface area (Å²) < 4.78 is 0. The molecule has 0 unspecified atom stereocenters. The lowest BCUT2D eigenvalue weighted by atomic mass is 10.2. The molecule has 2 N–H and O–H groups in total. The molecule has 1 amide bonds. The molecule has 1 saturated heterocycles. The number of thioether (sulfide) groups is 1. The van der Waals surface area contributed by atoms with E-state index in [4.69, 9.17) is 0 Å². The number of amidine groups is 1. The highest BCUT2D eigenvalue weighted by molar-refractivity contribution is 8.19. The molecule has 1 fully saturated rings. The zero-order chi connectivity index (χ0) is 19.5. The number of rotatable bonds is 3. The molecule has 0 spiro atoms. The number of phenolic OH excluding ortho intramolecular Hbond substituents is 2. The normalized spacial score (nSPS) is 16.9. The van der Waals surface area contributed by atoms with Gasteiger partial charge in [-0.1, -0.05) is 30.3 Å². The number of nitrogens with zero attached hydrogens (tertiary/aromatic N) is 2. The first-order chi connectivity index (χ1) is 13.6. The summed E-state index contributed by atoms with van der Waals surface area (Å²) in [6.07, 6.45) is 1.83. The van der Waals surface area contributed by atoms with Gasteiger partial charge in [0.05, 0.1) is 16.3 Å². The van der Waals surface area contributed by atoms with Crippen LogP contribution >= 0.6 is 11.8 Å². The molecule has 3 aromatic carbocycles. The first kappa shape index (κ1) is 17.9. The van der Waals surface area contributed by atoms with Crippen molar-refractivity contribution in [2.24, 2.45) is 4.99 Å². The average molecular weight is 388 g/mol. The van der Waals surface area contributed by atoms with E-state index in [1.807, 2.05) is 36.4 Å². The molecular weight excluding hydrogens is 372 g/mol. The van der Waals surface area contributed by atoms with E-state index in [0.717, 1.165) is 5.56 Å². The zero-order valence-electron chi connectivity index (χ0n) is 14.7. The fraction of sp³-hybridized carbons (Fsp3) is 0. The SMILES string of the molecule is O=C1C(=Cc2ccccc2)SC(=Nc2ccc(O)cc2)N1c1ccc(O)cc1. The van der Waals surface area contributed by atoms with E-state index in [0.29, 0.717) is 21.4 Å². The van der Waals surface area contributed by atoms with Gasteiger partial charge in [0, 0.05) is 0 Å². The van der Waals surface area contributed by atoms with Gasteiger partial charge in [0.15, 0.2) is 5.17 Å². The van der Waals surface area contributed by atoms with E-state index in [1.165, 1.54) is 28.8 Å². The van der Waals surface area contributed by atoms with Crippen molar-refractivity contribution >= 4 is 40.3 Å². The first-order valence-electron chi connectivity index (χ1n) is 8.56. The Morgan fingerprint density at radius 2 is 1.43 bits per heavy atom. The highest BCUT2D eigenvalue weighted by atomic mass is 32.2. The van der Waals surface area contributed by atoms with Gasteiger partial charge in [-0.15, -0.1) is 0 Å². The Labute approximate surface area is 166 Å². The minimum Gasteiger partial charge on any atom is -0.508 e. The monoisotopic (exact) mass is 388 g/mol. The van der Waals surface area contributed by atoms with Gasteiger partial charge in [-0.05, 0) is 71.9 Å². The van der Waals surface area contributed by atoms with Gasteiger partial charge >= 0.3 is 0 Å². The summed E-state index contributed by atoms with van der Waals surface area (Å²) in [6.45, 7) is 0. The fourth-order valence-electron chi connectivity index (χ4n) is 2.72. The van der Waals surface area contributed by atoms with Crippen LogP contribution in [0.3, 0.4) is 0 Å². The zero-order valence-corrected chi connectivity index (χ0v) is 15.5. The maximum Gasteiger partial charge on any atom is 0.271 e. The van der Waals surface area contributed by atoms with Crippen molar-refractivity contribution in [3.8, 4) is 11.5 Å². The van der Waals surface area contributed by atoms with Crippen molar-refractivity contribution in [2.45, 2.75) is 0 Å². The molecule has 0 radical (unpaired) electrons. The van der Waals surface area contributed by atoms with E-state index >= 15 is 0 Å². The fourth-order valence-corrected chi connectivity index (χ4v) is 3.72. The summed E-state index contributed by atoms with van der Waals surface area (Å²) in [5.41, 5.74) is 2.16. The summed E-state index contributed by atoms with van der Waals surface area (Å²) in [6, 6.07) is 22.5. The third kappa shape index (κ3) is 3.77. The Hall–Kier alpha value is -3.51. The Morgan fingerprint density at radius 1 is 0.821 bits per heavy atom. The number of phenols is 2. The molecule has 0 saturated carbocycles. The second-order valence-corrected chi connectivity index (χ2v) is 7.10. The third-order valence-corrected chi connectivity index (χ3v) is 5.05. The van der Waals surface area contributed by atoms with Gasteiger partial charge < -0.3 is 10.2 Å². The van der Waals surface area contributed by atoms with Crippen LogP contribution in [0.4, 0.5) is 11.4 Å². The van der Waals surface area contributed by atoms with E-state index in [9.17, 15) is 15.0 Å². The number of hydrogen-bond donors (Lipinski definition) is 2. The van der Waals surface area contributed by atoms with Crippen LogP contribution in [0.2, 0.25) is 0 Å². The average Bonchev–Trinajstić information content (AvgIpc) is 3.00. The van der Waals surface area contributed by atoms with E-state index in [-0.39, 0.29) is 17.4 Å². The number of amides is 1. The van der Waals surface area contributed by atoms with Crippen molar-refractivity contribution in [3.63, 3.8) is 0 Å². The Morgan fingerprint density at radius 3 is 2.07 bits per heavy atom. The number of anilines is 1. The second-order valence-electron chi connectivity index (χ2n) is 6.09. The van der Waals surface area contributed by atoms with Gasteiger partial charge in [-0.2, -0.15) is 0 Å². The van der Waals surface area contributed by atoms with Gasteiger partial charge in [-0.25, -0.2) is 4.99 Å². The largest absolute Gasteiger partial charge is 0.508 e. The van der Waals surface area contributed by atoms with Crippen molar-refractivity contribution < 1.29 is 15.0 Å². The van der Waals surface area contributed by atoms with Crippen molar-refractivity contribution in [3.05, 3.63) is 89.3 Å². The molecule has 0 aromatic heterocycles. The van der Waals surface area contributed by atoms with Crippen LogP contribution in [-0.4, -0.2) is 21.3 Å². The molecule has 1 aliphatic heterocycles. The number of benzene rings is 3. The predicted molar refractivity (Wildman–Crippen MR) is 113 cm³/mol. The molecule has 1 aliphatic rings. The highest BCUT2D eigenvalue weighted by Gasteiger charge is 2.34. The van der Waals surface area contributed by atoms with Crippen LogP contribution in [0.1, 0.15) is 5.56 Å². The summed E-state index contributed by atoms with van der Waals surface area (Å²) in [5.74, 6) is 0.0938. The molecule has 1 heterocycles. The van der Waals surface area contributed by atoms with E-state index in [1.54, 1.807) is 36.4 Å². The van der Waals surface area contributed by atoms with Gasteiger partial charge in [0.1, 0.15) is 11.5 Å². The number of aliphatic imine (C=N–C) groups is 1. The second kappa shape index (κ2) is 7.62. The summed E-state index contributed by atoms with van der Waals surface area (Å²) >= 11 is 1.28. The van der Waals surface area contributed by atoms with E-state index in [2.05, 4.69) is 4.99 Å². The molecule has 0 atom stereocenters. The Kier molecular flexibility index (Phi) is 4.87. The summed E-state index contributed by atoms with van der Waals surface area (Å²) in [7, 11) is 0. The quantitative estimate of drug-likeness (QED) is 0.626. The van der Waals surface area contributed by atoms with Crippen molar-refractivity contribution in [2.75, 3.05) is 4.90 Å². The number of aromatic hydroxyl groups is 2. The van der Waals surface area contributed by atoms with Crippen molar-refractivity contribution in [1.82, 2.24) is 0 Å². The van der Waals surface area contributed by atoms with Gasteiger partial charge in [-0.3, -0.25) is 9.69 Å². The number of hydrogen-bond acceptors (Lipinski definition) is 5. The highest BCUT2D eigenvalue weighted by Crippen LogP contribution is 2.37. The van der Waals surface area contributed by atoms with E-state index < -0.39 is 0 Å². The Balaban J connectivity index is 1.77. The molecule has 4 rings (SSSR count). The standard InChI is InChI=1S/C22H16N2O3S/c25-18-10-6-16(7-11-18)23-22-24(17-8-12-19(26)13-9-17)21(27)20(28-22)14-15-4-2-1-3-5-15/h1-14,25-26H. The minimum atomic E-state index is -0.183. The van der Waals surface area contributed by atoms with Crippen molar-refractivity contribution in [1.29, 1.82) is 0 Å².